The van der Waals surface area contributed by atoms with Crippen LogP contribution >= 0.6 is 11.3 Å². The molecule has 0 radical (unpaired) electrons. The van der Waals surface area contributed by atoms with Gasteiger partial charge in [-0.25, -0.2) is 9.40 Å². The molecular weight excluding hydrogens is 433 g/mol. The van der Waals surface area contributed by atoms with Crippen LogP contribution in [0.15, 0.2) is 23.6 Å². The smallest absolute Gasteiger partial charge is 0.243 e. The Morgan fingerprint density at radius 3 is 2.39 bits per heavy atom. The number of carbonyl (C=O) groups excluding carboxylic acids is 1. The molecule has 1 aromatic heterocycles. The van der Waals surface area contributed by atoms with Gasteiger partial charge in [-0.05, 0) is 80.9 Å². The van der Waals surface area contributed by atoms with E-state index in [9.17, 15) is 9.18 Å². The maximum absolute atomic E-state index is 14.2. The van der Waals surface area contributed by atoms with Crippen LogP contribution in [0.1, 0.15) is 58.3 Å². The molecule has 4 nitrogen and oxygen atoms in total. The van der Waals surface area contributed by atoms with Gasteiger partial charge in [0.1, 0.15) is 5.82 Å². The minimum atomic E-state index is -0.171. The zero-order chi connectivity index (χ0) is 22.6. The van der Waals surface area contributed by atoms with Crippen LogP contribution in [-0.4, -0.2) is 48.6 Å². The number of amides is 1. The summed E-state index contributed by atoms with van der Waals surface area (Å²) in [6, 6.07) is 5.11. The van der Waals surface area contributed by atoms with Crippen molar-refractivity contribution in [1.82, 2.24) is 10.0 Å². The summed E-state index contributed by atoms with van der Waals surface area (Å²) in [5.74, 6) is 2.65. The van der Waals surface area contributed by atoms with Gasteiger partial charge in [-0.3, -0.25) is 9.80 Å². The van der Waals surface area contributed by atoms with Gasteiger partial charge in [0.2, 0.25) is 5.91 Å². The Kier molecular flexibility index (Phi) is 5.65. The summed E-state index contributed by atoms with van der Waals surface area (Å²) >= 11 is 1.62. The Morgan fingerprint density at radius 1 is 1.09 bits per heavy atom. The first-order valence-corrected chi connectivity index (χ1v) is 13.9. The average molecular weight is 470 g/mol. The fraction of sp³-hybridized carbons (Fsp3) is 0.667. The van der Waals surface area contributed by atoms with Crippen molar-refractivity contribution in [2.45, 2.75) is 58.3 Å². The van der Waals surface area contributed by atoms with Gasteiger partial charge in [0, 0.05) is 48.2 Å². The predicted molar refractivity (Wildman–Crippen MR) is 133 cm³/mol. The highest BCUT2D eigenvalue weighted by Gasteiger charge is 2.56. The molecule has 5 aliphatic rings. The number of hydrogen-bond donors (Lipinski definition) is 0. The molecular formula is C27H36FN3OS. The van der Waals surface area contributed by atoms with Crippen LogP contribution in [0.3, 0.4) is 0 Å². The fourth-order valence-electron chi connectivity index (χ4n) is 7.74. The van der Waals surface area contributed by atoms with E-state index in [4.69, 9.17) is 0 Å². The normalized spacial score (nSPS) is 31.5. The van der Waals surface area contributed by atoms with E-state index >= 15 is 0 Å². The Bertz CT molecular complexity index is 992. The lowest BCUT2D eigenvalue weighted by Crippen LogP contribution is -2.61. The minimum absolute atomic E-state index is 0.0761. The molecule has 178 valence electrons. The van der Waals surface area contributed by atoms with Gasteiger partial charge in [0.05, 0.1) is 11.1 Å². The number of halogens is 1. The van der Waals surface area contributed by atoms with Crippen molar-refractivity contribution in [2.75, 3.05) is 37.6 Å². The van der Waals surface area contributed by atoms with Crippen molar-refractivity contribution < 1.29 is 9.18 Å². The first-order valence-electron chi connectivity index (χ1n) is 13.0. The molecule has 1 saturated heterocycles. The van der Waals surface area contributed by atoms with E-state index in [0.717, 1.165) is 92.7 Å². The fourth-order valence-corrected chi connectivity index (χ4v) is 8.73. The molecule has 5 fully saturated rings. The Balaban J connectivity index is 1.18. The number of nitrogens with zero attached hydrogens (tertiary/aromatic N) is 3. The number of piperazine rings is 1. The predicted octanol–water partition coefficient (Wildman–Crippen LogP) is 5.92. The lowest BCUT2D eigenvalue weighted by Gasteiger charge is -2.57. The number of thiophene rings is 1. The number of unbranched alkanes of at least 4 members (excludes halogenated alkanes) is 1. The minimum Gasteiger partial charge on any atom is -0.368 e. The van der Waals surface area contributed by atoms with Crippen molar-refractivity contribution in [1.29, 1.82) is 0 Å². The van der Waals surface area contributed by atoms with E-state index in [1.54, 1.807) is 23.5 Å². The zero-order valence-corrected chi connectivity index (χ0v) is 20.6. The molecule has 4 bridgehead atoms. The number of hydrazine groups is 1. The van der Waals surface area contributed by atoms with Crippen LogP contribution < -0.4 is 4.90 Å². The number of anilines is 1. The highest BCUT2D eigenvalue weighted by molar-refractivity contribution is 7.17. The Morgan fingerprint density at radius 2 is 1.76 bits per heavy atom. The third-order valence-corrected chi connectivity index (χ3v) is 9.84. The van der Waals surface area contributed by atoms with Crippen molar-refractivity contribution >= 4 is 33.0 Å². The quantitative estimate of drug-likeness (QED) is 0.525. The molecule has 0 atom stereocenters. The molecule has 1 aromatic carbocycles. The summed E-state index contributed by atoms with van der Waals surface area (Å²) in [4.78, 5) is 16.6. The van der Waals surface area contributed by atoms with Crippen LogP contribution in [0.2, 0.25) is 0 Å². The van der Waals surface area contributed by atoms with Crippen LogP contribution in [0.5, 0.6) is 0 Å². The highest BCUT2D eigenvalue weighted by atomic mass is 32.1. The van der Waals surface area contributed by atoms with Crippen molar-refractivity contribution in [2.24, 2.45) is 23.2 Å². The maximum Gasteiger partial charge on any atom is 0.243 e. The monoisotopic (exact) mass is 469 g/mol. The van der Waals surface area contributed by atoms with E-state index in [-0.39, 0.29) is 11.2 Å². The maximum atomic E-state index is 14.2. The Hall–Kier alpha value is -1.66. The van der Waals surface area contributed by atoms with Gasteiger partial charge < -0.3 is 4.90 Å². The van der Waals surface area contributed by atoms with Crippen LogP contribution in [0.25, 0.3) is 10.1 Å². The van der Waals surface area contributed by atoms with Crippen LogP contribution in [-0.2, 0) is 4.79 Å². The standard InChI is InChI=1S/C27H36FN3OS/c1-2-3-6-31(26(32)27-15-19-11-20(16-27)13-21(12-19)17-27)30-9-7-29(8-10-30)24-18-33-25-14-22(28)4-5-23(24)25/h4-5,14,18-21H,2-3,6-13,15-17H2,1H3. The SMILES string of the molecule is CCCCN(C(=O)C12CC3CC(CC(C3)C1)C2)N1CCN(c2csc3cc(F)ccc23)CC1. The molecule has 7 rings (SSSR count). The van der Waals surface area contributed by atoms with Gasteiger partial charge in [-0.2, -0.15) is 0 Å². The van der Waals surface area contributed by atoms with E-state index < -0.39 is 0 Å². The lowest BCUT2D eigenvalue weighted by molar-refractivity contribution is -0.176. The van der Waals surface area contributed by atoms with E-state index in [2.05, 4.69) is 27.2 Å². The molecule has 4 saturated carbocycles. The van der Waals surface area contributed by atoms with Gasteiger partial charge in [-0.15, -0.1) is 11.3 Å². The molecule has 0 unspecified atom stereocenters. The number of carbonyl (C=O) groups is 1. The van der Waals surface area contributed by atoms with Gasteiger partial charge in [0.15, 0.2) is 0 Å². The average Bonchev–Trinajstić information content (AvgIpc) is 3.22. The van der Waals surface area contributed by atoms with Crippen LogP contribution in [0.4, 0.5) is 10.1 Å². The van der Waals surface area contributed by atoms with Gasteiger partial charge in [0.25, 0.3) is 0 Å². The molecule has 4 aliphatic carbocycles. The second kappa shape index (κ2) is 8.53. The second-order valence-electron chi connectivity index (χ2n) is 11.2. The number of fused-ring (bicyclic) bond motifs is 1. The van der Waals surface area contributed by atoms with E-state index in [1.807, 2.05) is 6.07 Å². The van der Waals surface area contributed by atoms with E-state index in [0.29, 0.717) is 5.91 Å². The number of benzene rings is 1. The molecule has 2 heterocycles. The molecule has 33 heavy (non-hydrogen) atoms. The van der Waals surface area contributed by atoms with Crippen LogP contribution in [0, 0.1) is 29.0 Å². The first kappa shape index (κ1) is 21.8. The Labute approximate surface area is 200 Å². The van der Waals surface area contributed by atoms with Gasteiger partial charge in [-0.1, -0.05) is 13.3 Å². The van der Waals surface area contributed by atoms with Crippen molar-refractivity contribution in [3.63, 3.8) is 0 Å². The topological polar surface area (TPSA) is 26.8 Å². The molecule has 1 aliphatic heterocycles. The highest BCUT2D eigenvalue weighted by Crippen LogP contribution is 2.60. The zero-order valence-electron chi connectivity index (χ0n) is 19.8. The van der Waals surface area contributed by atoms with Crippen molar-refractivity contribution in [3.05, 3.63) is 29.4 Å². The summed E-state index contributed by atoms with van der Waals surface area (Å²) in [6.07, 6.45) is 9.71. The summed E-state index contributed by atoms with van der Waals surface area (Å²) in [6.45, 7) is 6.63. The van der Waals surface area contributed by atoms with E-state index in [1.165, 1.54) is 24.9 Å². The van der Waals surface area contributed by atoms with Crippen molar-refractivity contribution in [3.8, 4) is 0 Å². The summed E-state index contributed by atoms with van der Waals surface area (Å²) in [7, 11) is 0. The second-order valence-corrected chi connectivity index (χ2v) is 12.1. The number of rotatable bonds is 6. The summed E-state index contributed by atoms with van der Waals surface area (Å²) < 4.78 is 14.6. The molecule has 2 aromatic rings. The summed E-state index contributed by atoms with van der Waals surface area (Å²) in [5, 5.41) is 7.85. The first-order chi connectivity index (χ1) is 16.0. The molecule has 1 amide bonds. The largest absolute Gasteiger partial charge is 0.368 e. The molecule has 0 spiro atoms. The third kappa shape index (κ3) is 3.87. The molecule has 0 N–H and O–H groups in total. The van der Waals surface area contributed by atoms with Gasteiger partial charge >= 0.3 is 0 Å². The summed E-state index contributed by atoms with van der Waals surface area (Å²) in [5.41, 5.74) is 1.13. The lowest BCUT2D eigenvalue weighted by atomic mass is 9.49. The molecule has 6 heteroatoms. The third-order valence-electron chi connectivity index (χ3n) is 8.91. The number of hydrogen-bond acceptors (Lipinski definition) is 4.